The van der Waals surface area contributed by atoms with Gasteiger partial charge in [0.2, 0.25) is 5.43 Å². The molecular weight excluding hydrogens is 328 g/mol. The minimum Gasteiger partial charge on any atom is -0.328 e. The number of para-hydroxylation sites is 1. The molecule has 0 saturated heterocycles. The Hall–Kier alpha value is -3.28. The Morgan fingerprint density at radius 2 is 1.81 bits per heavy atom. The van der Waals surface area contributed by atoms with Crippen molar-refractivity contribution in [1.82, 2.24) is 19.1 Å². The van der Waals surface area contributed by atoms with Crippen LogP contribution in [-0.2, 0) is 13.5 Å². The van der Waals surface area contributed by atoms with Crippen LogP contribution < -0.4 is 11.0 Å². The smallest absolute Gasteiger partial charge is 0.272 e. The first-order valence-electron chi connectivity index (χ1n) is 8.58. The molecule has 0 atom stereocenters. The van der Waals surface area contributed by atoms with Gasteiger partial charge in [-0.25, -0.2) is 14.5 Å². The third-order valence-corrected chi connectivity index (χ3v) is 4.54. The van der Waals surface area contributed by atoms with E-state index in [0.717, 1.165) is 11.9 Å². The summed E-state index contributed by atoms with van der Waals surface area (Å²) in [5.41, 5.74) is 0.506. The van der Waals surface area contributed by atoms with Crippen molar-refractivity contribution in [2.24, 2.45) is 7.05 Å². The van der Waals surface area contributed by atoms with Crippen molar-refractivity contribution in [3.05, 3.63) is 75.1 Å². The van der Waals surface area contributed by atoms with Gasteiger partial charge in [-0.2, -0.15) is 0 Å². The van der Waals surface area contributed by atoms with Crippen LogP contribution in [0, 0.1) is 0 Å². The molecule has 0 radical (unpaired) electrons. The molecule has 0 aliphatic carbocycles. The Bertz CT molecular complexity index is 1240. The number of aryl methyl sites for hydroxylation is 2. The number of fused-ring (bicyclic) bond motifs is 2. The van der Waals surface area contributed by atoms with Crippen LogP contribution in [0.4, 0.5) is 0 Å². The second-order valence-electron chi connectivity index (χ2n) is 6.21. The standard InChI is InChI=1S/C20H18N4O2/c1-3-8-16-22-19-17(20(26)24(16)15-11-6-7-12-21-15)18(25)13-9-4-5-10-14(13)23(19)2/h4-7,9-12H,3,8H2,1-2H3. The van der Waals surface area contributed by atoms with Gasteiger partial charge >= 0.3 is 0 Å². The molecule has 0 spiro atoms. The Labute approximate surface area is 149 Å². The average molecular weight is 346 g/mol. The van der Waals surface area contributed by atoms with Crippen LogP contribution >= 0.6 is 0 Å². The van der Waals surface area contributed by atoms with Gasteiger partial charge in [0.25, 0.3) is 5.56 Å². The van der Waals surface area contributed by atoms with Crippen LogP contribution in [0.15, 0.2) is 58.3 Å². The quantitative estimate of drug-likeness (QED) is 0.535. The van der Waals surface area contributed by atoms with Crippen molar-refractivity contribution in [2.45, 2.75) is 19.8 Å². The van der Waals surface area contributed by atoms with Crippen molar-refractivity contribution < 1.29 is 0 Å². The minimum atomic E-state index is -0.372. The Balaban J connectivity index is 2.23. The number of nitrogens with zero attached hydrogens (tertiary/aromatic N) is 4. The molecule has 0 bridgehead atoms. The summed E-state index contributed by atoms with van der Waals surface area (Å²) in [6.45, 7) is 2.03. The highest BCUT2D eigenvalue weighted by atomic mass is 16.1. The van der Waals surface area contributed by atoms with Gasteiger partial charge < -0.3 is 4.57 Å². The molecular formula is C20H18N4O2. The van der Waals surface area contributed by atoms with E-state index in [1.807, 2.05) is 36.7 Å². The maximum absolute atomic E-state index is 13.3. The van der Waals surface area contributed by atoms with Crippen molar-refractivity contribution in [1.29, 1.82) is 0 Å². The second-order valence-corrected chi connectivity index (χ2v) is 6.21. The van der Waals surface area contributed by atoms with Gasteiger partial charge in [0.15, 0.2) is 5.65 Å². The van der Waals surface area contributed by atoms with E-state index in [2.05, 4.69) is 4.98 Å². The monoisotopic (exact) mass is 346 g/mol. The second kappa shape index (κ2) is 6.22. The summed E-state index contributed by atoms with van der Waals surface area (Å²) in [6, 6.07) is 12.6. The van der Waals surface area contributed by atoms with Crippen LogP contribution in [-0.4, -0.2) is 19.1 Å². The van der Waals surface area contributed by atoms with Crippen LogP contribution in [0.25, 0.3) is 27.8 Å². The Morgan fingerprint density at radius 3 is 2.54 bits per heavy atom. The van der Waals surface area contributed by atoms with Gasteiger partial charge in [0.05, 0.1) is 5.52 Å². The summed E-state index contributed by atoms with van der Waals surface area (Å²) in [5, 5.41) is 0.605. The summed E-state index contributed by atoms with van der Waals surface area (Å²) in [7, 11) is 1.83. The molecule has 26 heavy (non-hydrogen) atoms. The number of hydrogen-bond donors (Lipinski definition) is 0. The highest BCUT2D eigenvalue weighted by molar-refractivity contribution is 5.91. The first kappa shape index (κ1) is 16.2. The van der Waals surface area contributed by atoms with E-state index in [1.165, 1.54) is 4.57 Å². The molecule has 0 aliphatic heterocycles. The van der Waals surface area contributed by atoms with Crippen LogP contribution in [0.5, 0.6) is 0 Å². The van der Waals surface area contributed by atoms with E-state index in [9.17, 15) is 9.59 Å². The molecule has 0 amide bonds. The molecule has 0 saturated carbocycles. The number of benzene rings is 1. The lowest BCUT2D eigenvalue weighted by Gasteiger charge is -2.15. The van der Waals surface area contributed by atoms with Gasteiger partial charge in [-0.05, 0) is 30.7 Å². The third-order valence-electron chi connectivity index (χ3n) is 4.54. The maximum Gasteiger partial charge on any atom is 0.272 e. The fraction of sp³-hybridized carbons (Fsp3) is 0.200. The van der Waals surface area contributed by atoms with Gasteiger partial charge in [-0.1, -0.05) is 25.1 Å². The molecule has 4 aromatic rings. The lowest BCUT2D eigenvalue weighted by atomic mass is 10.1. The zero-order valence-corrected chi connectivity index (χ0v) is 14.6. The van der Waals surface area contributed by atoms with E-state index in [-0.39, 0.29) is 16.4 Å². The summed E-state index contributed by atoms with van der Waals surface area (Å²) in [4.78, 5) is 35.3. The molecule has 0 fully saturated rings. The van der Waals surface area contributed by atoms with Crippen LogP contribution in [0.3, 0.4) is 0 Å². The number of rotatable bonds is 3. The van der Waals surface area contributed by atoms with Crippen molar-refractivity contribution in [3.63, 3.8) is 0 Å². The van der Waals surface area contributed by atoms with E-state index in [1.54, 1.807) is 30.5 Å². The molecule has 4 rings (SSSR count). The number of hydrogen-bond acceptors (Lipinski definition) is 4. The molecule has 130 valence electrons. The molecule has 0 N–H and O–H groups in total. The Morgan fingerprint density at radius 1 is 1.04 bits per heavy atom. The fourth-order valence-electron chi connectivity index (χ4n) is 3.31. The first-order chi connectivity index (χ1) is 12.6. The molecule has 3 heterocycles. The molecule has 6 heteroatoms. The van der Waals surface area contributed by atoms with Crippen LogP contribution in [0.1, 0.15) is 19.2 Å². The summed E-state index contributed by atoms with van der Waals surface area (Å²) in [6.07, 6.45) is 3.06. The average Bonchev–Trinajstić information content (AvgIpc) is 2.67. The van der Waals surface area contributed by atoms with E-state index in [0.29, 0.717) is 29.1 Å². The minimum absolute atomic E-state index is 0.0942. The summed E-state index contributed by atoms with van der Waals surface area (Å²) >= 11 is 0. The van der Waals surface area contributed by atoms with E-state index >= 15 is 0 Å². The predicted octanol–water partition coefficient (Wildman–Crippen LogP) is 2.59. The summed E-state index contributed by atoms with van der Waals surface area (Å²) in [5.74, 6) is 1.08. The highest BCUT2D eigenvalue weighted by Crippen LogP contribution is 2.16. The van der Waals surface area contributed by atoms with Crippen LogP contribution in [0.2, 0.25) is 0 Å². The fourth-order valence-corrected chi connectivity index (χ4v) is 3.31. The highest BCUT2D eigenvalue weighted by Gasteiger charge is 2.19. The van der Waals surface area contributed by atoms with Gasteiger partial charge in [-0.3, -0.25) is 9.59 Å². The number of aromatic nitrogens is 4. The largest absolute Gasteiger partial charge is 0.328 e. The SMILES string of the molecule is CCCc1nc2c(c(=O)c3ccccc3n2C)c(=O)n1-c1ccccn1. The zero-order chi connectivity index (χ0) is 18.3. The van der Waals surface area contributed by atoms with Crippen molar-refractivity contribution >= 4 is 21.9 Å². The summed E-state index contributed by atoms with van der Waals surface area (Å²) < 4.78 is 3.28. The topological polar surface area (TPSA) is 69.8 Å². The lowest BCUT2D eigenvalue weighted by Crippen LogP contribution is -2.30. The van der Waals surface area contributed by atoms with E-state index in [4.69, 9.17) is 4.98 Å². The van der Waals surface area contributed by atoms with Gasteiger partial charge in [-0.15, -0.1) is 0 Å². The molecule has 1 aromatic carbocycles. The van der Waals surface area contributed by atoms with Gasteiger partial charge in [0, 0.05) is 25.1 Å². The van der Waals surface area contributed by atoms with Crippen molar-refractivity contribution in [2.75, 3.05) is 0 Å². The predicted molar refractivity (Wildman–Crippen MR) is 102 cm³/mol. The number of pyridine rings is 2. The molecule has 0 unspecified atom stereocenters. The van der Waals surface area contributed by atoms with Crippen molar-refractivity contribution in [3.8, 4) is 5.82 Å². The first-order valence-corrected chi connectivity index (χ1v) is 8.58. The van der Waals surface area contributed by atoms with E-state index < -0.39 is 0 Å². The van der Waals surface area contributed by atoms with Gasteiger partial charge in [0.1, 0.15) is 17.0 Å². The zero-order valence-electron chi connectivity index (χ0n) is 14.6. The molecule has 0 aliphatic rings. The molecule has 3 aromatic heterocycles. The Kier molecular flexibility index (Phi) is 3.88. The lowest BCUT2D eigenvalue weighted by molar-refractivity contribution is 0.754. The maximum atomic E-state index is 13.3. The molecule has 6 nitrogen and oxygen atoms in total. The normalized spacial score (nSPS) is 11.3. The third kappa shape index (κ3) is 2.34.